The summed E-state index contributed by atoms with van der Waals surface area (Å²) in [7, 11) is 3.19. The number of aromatic nitrogens is 2. The molecule has 0 saturated carbocycles. The smallest absolute Gasteiger partial charge is 0.289 e. The summed E-state index contributed by atoms with van der Waals surface area (Å²) in [5.74, 6) is 0.947. The lowest BCUT2D eigenvalue weighted by molar-refractivity contribution is 0.0950. The average Bonchev–Trinajstić information content (AvgIpc) is 3.28. The molecule has 4 aromatic rings. The van der Waals surface area contributed by atoms with Gasteiger partial charge in [0.1, 0.15) is 17.2 Å². The molecule has 0 radical (unpaired) electrons. The normalized spacial score (nSPS) is 11.0. The maximum absolute atomic E-state index is 12.5. The van der Waals surface area contributed by atoms with Crippen molar-refractivity contribution in [2.45, 2.75) is 0 Å². The first-order chi connectivity index (χ1) is 14.7. The van der Waals surface area contributed by atoms with Gasteiger partial charge in [-0.25, -0.2) is 5.43 Å². The van der Waals surface area contributed by atoms with Crippen molar-refractivity contribution < 1.29 is 14.3 Å². The number of hydrogen-bond acceptors (Lipinski definition) is 5. The molecule has 7 nitrogen and oxygen atoms in total. The molecule has 1 amide bonds. The molecule has 7 heteroatoms. The average molecular weight is 400 g/mol. The number of H-pyrrole nitrogens is 1. The minimum atomic E-state index is -0.404. The van der Waals surface area contributed by atoms with E-state index in [1.54, 1.807) is 20.3 Å². The fraction of sp³-hybridized carbons (Fsp3) is 0.0870. The summed E-state index contributed by atoms with van der Waals surface area (Å²) in [5.41, 5.74) is 4.98. The van der Waals surface area contributed by atoms with Crippen molar-refractivity contribution >= 4 is 22.9 Å². The number of fused-ring (bicyclic) bond motifs is 1. The minimum absolute atomic E-state index is 0.289. The van der Waals surface area contributed by atoms with E-state index in [0.717, 1.165) is 21.9 Å². The van der Waals surface area contributed by atoms with Gasteiger partial charge < -0.3 is 9.47 Å². The summed E-state index contributed by atoms with van der Waals surface area (Å²) in [5, 5.41) is 13.2. The quantitative estimate of drug-likeness (QED) is 0.378. The molecule has 3 aromatic carbocycles. The highest BCUT2D eigenvalue weighted by Gasteiger charge is 2.16. The number of hydrazone groups is 1. The van der Waals surface area contributed by atoms with E-state index in [0.29, 0.717) is 17.2 Å². The second kappa shape index (κ2) is 8.48. The number of ether oxygens (including phenoxy) is 2. The molecule has 0 fully saturated rings. The molecule has 0 unspecified atom stereocenters. The SMILES string of the molecule is COc1ccccc1/C=N/NC(=O)c1cc(-c2c(OC)ccc3ccccc23)n[nH]1. The number of methoxy groups -OCH3 is 2. The van der Waals surface area contributed by atoms with Gasteiger partial charge in [-0.15, -0.1) is 0 Å². The van der Waals surface area contributed by atoms with Gasteiger partial charge in [-0.05, 0) is 35.0 Å². The molecular weight excluding hydrogens is 380 g/mol. The summed E-state index contributed by atoms with van der Waals surface area (Å²) in [6.07, 6.45) is 1.53. The molecule has 2 N–H and O–H groups in total. The molecular formula is C23H20N4O3. The van der Waals surface area contributed by atoms with Crippen molar-refractivity contribution in [2.24, 2.45) is 5.10 Å². The van der Waals surface area contributed by atoms with E-state index >= 15 is 0 Å². The molecule has 30 heavy (non-hydrogen) atoms. The topological polar surface area (TPSA) is 88.6 Å². The van der Waals surface area contributed by atoms with Gasteiger partial charge in [0.05, 0.1) is 31.7 Å². The highest BCUT2D eigenvalue weighted by molar-refractivity contribution is 6.00. The van der Waals surface area contributed by atoms with Crippen LogP contribution in [0.25, 0.3) is 22.0 Å². The van der Waals surface area contributed by atoms with Crippen molar-refractivity contribution in [1.29, 1.82) is 0 Å². The summed E-state index contributed by atoms with van der Waals surface area (Å²) in [6, 6.07) is 20.9. The Morgan fingerprint density at radius 2 is 1.77 bits per heavy atom. The standard InChI is InChI=1S/C23H20N4O3/c1-29-20-10-6-4-8-16(20)14-24-27-23(28)19-13-18(25-26-19)22-17-9-5-3-7-15(17)11-12-21(22)30-2/h3-14H,1-2H3,(H,25,26)(H,27,28)/b24-14+. The number of carbonyl (C=O) groups is 1. The molecule has 0 saturated heterocycles. The van der Waals surface area contributed by atoms with Crippen LogP contribution in [0.3, 0.4) is 0 Å². The van der Waals surface area contributed by atoms with E-state index < -0.39 is 5.91 Å². The minimum Gasteiger partial charge on any atom is -0.496 e. The second-order valence-corrected chi connectivity index (χ2v) is 6.47. The third-order valence-electron chi connectivity index (χ3n) is 4.70. The largest absolute Gasteiger partial charge is 0.496 e. The Labute approximate surface area is 173 Å². The van der Waals surface area contributed by atoms with Crippen molar-refractivity contribution in [3.63, 3.8) is 0 Å². The first-order valence-corrected chi connectivity index (χ1v) is 9.29. The van der Waals surface area contributed by atoms with E-state index in [4.69, 9.17) is 9.47 Å². The first-order valence-electron chi connectivity index (χ1n) is 9.29. The number of amides is 1. The van der Waals surface area contributed by atoms with Gasteiger partial charge in [0.25, 0.3) is 5.91 Å². The van der Waals surface area contributed by atoms with E-state index in [-0.39, 0.29) is 5.69 Å². The van der Waals surface area contributed by atoms with Crippen LogP contribution in [0.5, 0.6) is 11.5 Å². The van der Waals surface area contributed by atoms with Crippen molar-refractivity contribution in [2.75, 3.05) is 14.2 Å². The summed E-state index contributed by atoms with van der Waals surface area (Å²) in [6.45, 7) is 0. The van der Waals surface area contributed by atoms with E-state index in [1.165, 1.54) is 6.21 Å². The van der Waals surface area contributed by atoms with Crippen LogP contribution in [0, 0.1) is 0 Å². The van der Waals surface area contributed by atoms with E-state index in [1.807, 2.05) is 60.7 Å². The number of nitrogens with zero attached hydrogens (tertiary/aromatic N) is 2. The number of carbonyl (C=O) groups excluding carboxylic acids is 1. The third kappa shape index (κ3) is 3.73. The lowest BCUT2D eigenvalue weighted by Gasteiger charge is -2.09. The zero-order valence-corrected chi connectivity index (χ0v) is 16.5. The lowest BCUT2D eigenvalue weighted by atomic mass is 10.0. The number of aromatic amines is 1. The zero-order valence-electron chi connectivity index (χ0n) is 16.5. The predicted octanol–water partition coefficient (Wildman–Crippen LogP) is 4.01. The fourth-order valence-electron chi connectivity index (χ4n) is 3.25. The second-order valence-electron chi connectivity index (χ2n) is 6.47. The molecule has 0 atom stereocenters. The molecule has 0 aliphatic rings. The molecule has 0 bridgehead atoms. The Kier molecular flexibility index (Phi) is 5.43. The monoisotopic (exact) mass is 400 g/mol. The third-order valence-corrected chi connectivity index (χ3v) is 4.70. The van der Waals surface area contributed by atoms with E-state index in [2.05, 4.69) is 20.7 Å². The van der Waals surface area contributed by atoms with Crippen LogP contribution in [0.2, 0.25) is 0 Å². The Bertz CT molecular complexity index is 1230. The van der Waals surface area contributed by atoms with Gasteiger partial charge in [-0.1, -0.05) is 42.5 Å². The van der Waals surface area contributed by atoms with Crippen LogP contribution in [0.15, 0.2) is 71.8 Å². The predicted molar refractivity (Wildman–Crippen MR) is 116 cm³/mol. The Morgan fingerprint density at radius 1 is 1.00 bits per heavy atom. The highest BCUT2D eigenvalue weighted by Crippen LogP contribution is 2.36. The van der Waals surface area contributed by atoms with Gasteiger partial charge >= 0.3 is 0 Å². The summed E-state index contributed by atoms with van der Waals surface area (Å²) in [4.78, 5) is 12.5. The van der Waals surface area contributed by atoms with Gasteiger partial charge in [0.2, 0.25) is 0 Å². The molecule has 0 spiro atoms. The number of nitrogens with one attached hydrogen (secondary N) is 2. The molecule has 1 aromatic heterocycles. The number of rotatable bonds is 6. The zero-order chi connectivity index (χ0) is 20.9. The Morgan fingerprint density at radius 3 is 2.60 bits per heavy atom. The van der Waals surface area contributed by atoms with E-state index in [9.17, 15) is 4.79 Å². The Balaban J connectivity index is 1.58. The Hall–Kier alpha value is -4.13. The van der Waals surface area contributed by atoms with Crippen LogP contribution in [-0.4, -0.2) is 36.5 Å². The molecule has 150 valence electrons. The number of para-hydroxylation sites is 1. The molecule has 4 rings (SSSR count). The van der Waals surface area contributed by atoms with Crippen LogP contribution in [0.4, 0.5) is 0 Å². The maximum Gasteiger partial charge on any atom is 0.289 e. The van der Waals surface area contributed by atoms with Gasteiger partial charge in [-0.2, -0.15) is 10.2 Å². The van der Waals surface area contributed by atoms with Gasteiger partial charge in [0, 0.05) is 5.56 Å². The fourth-order valence-corrected chi connectivity index (χ4v) is 3.25. The summed E-state index contributed by atoms with van der Waals surface area (Å²) >= 11 is 0. The van der Waals surface area contributed by atoms with Crippen molar-refractivity contribution in [3.8, 4) is 22.8 Å². The first kappa shape index (κ1) is 19.2. The van der Waals surface area contributed by atoms with Crippen LogP contribution >= 0.6 is 0 Å². The van der Waals surface area contributed by atoms with Gasteiger partial charge in [0.15, 0.2) is 0 Å². The molecule has 0 aliphatic heterocycles. The van der Waals surface area contributed by atoms with Crippen molar-refractivity contribution in [1.82, 2.24) is 15.6 Å². The molecule has 1 heterocycles. The van der Waals surface area contributed by atoms with Gasteiger partial charge in [-0.3, -0.25) is 9.89 Å². The maximum atomic E-state index is 12.5. The highest BCUT2D eigenvalue weighted by atomic mass is 16.5. The summed E-state index contributed by atoms with van der Waals surface area (Å²) < 4.78 is 10.8. The van der Waals surface area contributed by atoms with Crippen LogP contribution in [-0.2, 0) is 0 Å². The number of benzene rings is 3. The van der Waals surface area contributed by atoms with Crippen LogP contribution < -0.4 is 14.9 Å². The van der Waals surface area contributed by atoms with Crippen molar-refractivity contribution in [3.05, 3.63) is 78.0 Å². The lowest BCUT2D eigenvalue weighted by Crippen LogP contribution is -2.18. The number of hydrogen-bond donors (Lipinski definition) is 2. The molecule has 0 aliphatic carbocycles. The van der Waals surface area contributed by atoms with Crippen LogP contribution in [0.1, 0.15) is 16.1 Å².